The van der Waals surface area contributed by atoms with E-state index in [1.54, 1.807) is 45.4 Å². The second kappa shape index (κ2) is 9.80. The molecule has 0 aliphatic rings. The van der Waals surface area contributed by atoms with E-state index in [1.165, 1.54) is 11.3 Å². The Morgan fingerprint density at radius 2 is 1.71 bits per heavy atom. The lowest BCUT2D eigenvalue weighted by Gasteiger charge is -2.08. The van der Waals surface area contributed by atoms with Crippen LogP contribution >= 0.6 is 11.3 Å². The zero-order valence-corrected chi connectivity index (χ0v) is 19.0. The van der Waals surface area contributed by atoms with E-state index in [9.17, 15) is 13.2 Å². The average molecular weight is 462 g/mol. The fraction of sp³-hybridized carbons (Fsp3) is 0.238. The third kappa shape index (κ3) is 5.96. The van der Waals surface area contributed by atoms with Crippen molar-refractivity contribution in [3.8, 4) is 22.1 Å². The van der Waals surface area contributed by atoms with Gasteiger partial charge in [0, 0.05) is 22.3 Å². The summed E-state index contributed by atoms with van der Waals surface area (Å²) >= 11 is 1.44. The van der Waals surface area contributed by atoms with Gasteiger partial charge in [-0.15, -0.1) is 11.3 Å². The van der Waals surface area contributed by atoms with Crippen LogP contribution in [0.25, 0.3) is 10.6 Å². The predicted octanol–water partition coefficient (Wildman–Crippen LogP) is 3.77. The van der Waals surface area contributed by atoms with E-state index in [0.29, 0.717) is 28.6 Å². The molecule has 3 rings (SSSR count). The van der Waals surface area contributed by atoms with Gasteiger partial charge in [-0.1, -0.05) is 0 Å². The van der Waals surface area contributed by atoms with Crippen molar-refractivity contribution in [2.24, 2.45) is 0 Å². The minimum Gasteiger partial charge on any atom is -0.493 e. The fourth-order valence-corrected chi connectivity index (χ4v) is 4.19. The molecule has 0 fully saturated rings. The van der Waals surface area contributed by atoms with Crippen LogP contribution in [0.5, 0.6) is 11.5 Å². The van der Waals surface area contributed by atoms with Gasteiger partial charge in [0.25, 0.3) is 0 Å². The smallest absolute Gasteiger partial charge is 0.232 e. The van der Waals surface area contributed by atoms with Crippen molar-refractivity contribution in [3.63, 3.8) is 0 Å². The Hall–Kier alpha value is -3.11. The molecule has 0 spiro atoms. The van der Waals surface area contributed by atoms with E-state index in [0.717, 1.165) is 10.6 Å². The molecule has 1 aromatic heterocycles. The Bertz CT molecular complexity index is 1160. The van der Waals surface area contributed by atoms with Gasteiger partial charge in [0.15, 0.2) is 11.5 Å². The molecule has 0 saturated heterocycles. The molecular formula is C21H23N3O5S2. The van der Waals surface area contributed by atoms with Crippen molar-refractivity contribution < 1.29 is 22.7 Å². The Morgan fingerprint density at radius 3 is 2.35 bits per heavy atom. The first kappa shape index (κ1) is 22.6. The number of hydrogen-bond acceptors (Lipinski definition) is 7. The van der Waals surface area contributed by atoms with E-state index in [2.05, 4.69) is 15.0 Å². The predicted molar refractivity (Wildman–Crippen MR) is 123 cm³/mol. The second-order valence-electron chi connectivity index (χ2n) is 6.52. The Kier molecular flexibility index (Phi) is 7.13. The van der Waals surface area contributed by atoms with Gasteiger partial charge in [-0.2, -0.15) is 0 Å². The number of carbonyl (C=O) groups is 1. The van der Waals surface area contributed by atoms with Crippen molar-refractivity contribution in [2.75, 3.05) is 30.0 Å². The molecule has 1 amide bonds. The van der Waals surface area contributed by atoms with Crippen LogP contribution in [-0.2, 0) is 21.2 Å². The summed E-state index contributed by atoms with van der Waals surface area (Å²) in [5.74, 6) is 1.02. The van der Waals surface area contributed by atoms with Crippen LogP contribution < -0.4 is 19.5 Å². The number of nitrogens with zero attached hydrogens (tertiary/aromatic N) is 1. The highest BCUT2D eigenvalue weighted by Gasteiger charge is 2.12. The number of methoxy groups -OCH3 is 2. The summed E-state index contributed by atoms with van der Waals surface area (Å²) < 4.78 is 36.2. The Morgan fingerprint density at radius 1 is 1.03 bits per heavy atom. The first-order valence-electron chi connectivity index (χ1n) is 9.40. The molecule has 0 aliphatic carbocycles. The van der Waals surface area contributed by atoms with Crippen LogP contribution in [-0.4, -0.2) is 39.3 Å². The van der Waals surface area contributed by atoms with Gasteiger partial charge in [0.05, 0.1) is 32.1 Å². The number of ether oxygens (including phenoxy) is 2. The number of nitrogens with one attached hydrogen (secondary N) is 2. The van der Waals surface area contributed by atoms with Gasteiger partial charge < -0.3 is 14.8 Å². The Balaban J connectivity index is 1.62. The van der Waals surface area contributed by atoms with Gasteiger partial charge in [-0.05, 0) is 49.4 Å². The normalized spacial score (nSPS) is 11.1. The summed E-state index contributed by atoms with van der Waals surface area (Å²) in [7, 11) is -0.185. The number of hydrogen-bond donors (Lipinski definition) is 2. The van der Waals surface area contributed by atoms with Crippen LogP contribution in [0.1, 0.15) is 12.6 Å². The fourth-order valence-electron chi connectivity index (χ4n) is 2.73. The van der Waals surface area contributed by atoms with Crippen LogP contribution in [0.3, 0.4) is 0 Å². The van der Waals surface area contributed by atoms with Crippen LogP contribution in [0.4, 0.5) is 11.4 Å². The third-order valence-electron chi connectivity index (χ3n) is 4.35. The van der Waals surface area contributed by atoms with Crippen LogP contribution in [0.15, 0.2) is 47.8 Å². The summed E-state index contributed by atoms with van der Waals surface area (Å²) in [6.45, 7) is 1.56. The molecule has 10 heteroatoms. The lowest BCUT2D eigenvalue weighted by atomic mass is 10.2. The maximum atomic E-state index is 12.4. The lowest BCUT2D eigenvalue weighted by molar-refractivity contribution is -0.115. The van der Waals surface area contributed by atoms with E-state index in [1.807, 2.05) is 23.6 Å². The lowest BCUT2D eigenvalue weighted by Crippen LogP contribution is -2.16. The Labute approximate surface area is 185 Å². The summed E-state index contributed by atoms with van der Waals surface area (Å²) in [5.41, 5.74) is 2.54. The molecule has 0 radical (unpaired) electrons. The molecule has 0 bridgehead atoms. The van der Waals surface area contributed by atoms with Crippen molar-refractivity contribution in [1.82, 2.24) is 4.98 Å². The molecule has 8 nitrogen and oxygen atoms in total. The molecule has 164 valence electrons. The van der Waals surface area contributed by atoms with Gasteiger partial charge in [0.2, 0.25) is 15.9 Å². The zero-order chi connectivity index (χ0) is 22.4. The van der Waals surface area contributed by atoms with Crippen molar-refractivity contribution in [1.29, 1.82) is 0 Å². The first-order chi connectivity index (χ1) is 14.8. The quantitative estimate of drug-likeness (QED) is 0.502. The topological polar surface area (TPSA) is 107 Å². The highest BCUT2D eigenvalue weighted by Crippen LogP contribution is 2.33. The highest BCUT2D eigenvalue weighted by atomic mass is 32.2. The first-order valence-corrected chi connectivity index (χ1v) is 11.9. The number of benzene rings is 2. The standard InChI is InChI=1S/C21H23N3O5S2/c1-4-31(26,27)24-16-8-6-15(7-9-16)22-20(25)12-17-13-30-21(23-17)14-5-10-18(28-2)19(11-14)29-3/h5-11,13,24H,4,12H2,1-3H3,(H,22,25). The highest BCUT2D eigenvalue weighted by molar-refractivity contribution is 7.92. The summed E-state index contributed by atoms with van der Waals surface area (Å²) in [6, 6.07) is 12.0. The molecule has 1 heterocycles. The maximum Gasteiger partial charge on any atom is 0.232 e. The van der Waals surface area contributed by atoms with E-state index in [4.69, 9.17) is 9.47 Å². The van der Waals surface area contributed by atoms with Gasteiger partial charge in [-0.3, -0.25) is 9.52 Å². The number of rotatable bonds is 9. The molecular weight excluding hydrogens is 438 g/mol. The molecule has 0 unspecified atom stereocenters. The minimum atomic E-state index is -3.34. The number of thiazole rings is 1. The second-order valence-corrected chi connectivity index (χ2v) is 9.39. The molecule has 3 aromatic rings. The van der Waals surface area contributed by atoms with Crippen LogP contribution in [0.2, 0.25) is 0 Å². The third-order valence-corrected chi connectivity index (χ3v) is 6.59. The molecule has 0 saturated carbocycles. The summed E-state index contributed by atoms with van der Waals surface area (Å²) in [6.07, 6.45) is 0.119. The van der Waals surface area contributed by atoms with Crippen molar-refractivity contribution in [3.05, 3.63) is 53.5 Å². The number of amides is 1. The van der Waals surface area contributed by atoms with Gasteiger partial charge in [0.1, 0.15) is 5.01 Å². The van der Waals surface area contributed by atoms with Crippen molar-refractivity contribution in [2.45, 2.75) is 13.3 Å². The molecule has 0 aliphatic heterocycles. The molecule has 31 heavy (non-hydrogen) atoms. The minimum absolute atomic E-state index is 0.00950. The molecule has 2 aromatic carbocycles. The number of sulfonamides is 1. The summed E-state index contributed by atoms with van der Waals surface area (Å²) in [4.78, 5) is 16.9. The van der Waals surface area contributed by atoms with Crippen molar-refractivity contribution >= 4 is 38.6 Å². The van der Waals surface area contributed by atoms with Gasteiger partial charge >= 0.3 is 0 Å². The SMILES string of the molecule is CCS(=O)(=O)Nc1ccc(NC(=O)Cc2csc(-c3ccc(OC)c(OC)c3)n2)cc1. The monoisotopic (exact) mass is 461 g/mol. The zero-order valence-electron chi connectivity index (χ0n) is 17.3. The molecule has 2 N–H and O–H groups in total. The summed E-state index contributed by atoms with van der Waals surface area (Å²) in [5, 5.41) is 5.40. The van der Waals surface area contributed by atoms with E-state index < -0.39 is 10.0 Å². The number of carbonyl (C=O) groups excluding carboxylic acids is 1. The van der Waals surface area contributed by atoms with E-state index >= 15 is 0 Å². The van der Waals surface area contributed by atoms with Gasteiger partial charge in [-0.25, -0.2) is 13.4 Å². The maximum absolute atomic E-state index is 12.4. The molecule has 0 atom stereocenters. The number of aromatic nitrogens is 1. The largest absolute Gasteiger partial charge is 0.493 e. The van der Waals surface area contributed by atoms with E-state index in [-0.39, 0.29) is 18.1 Å². The van der Waals surface area contributed by atoms with Crippen LogP contribution in [0, 0.1) is 0 Å². The number of anilines is 2. The average Bonchev–Trinajstić information content (AvgIpc) is 3.22.